The number of fused-ring (bicyclic) bond motifs is 3. The third-order valence-electron chi connectivity index (χ3n) is 2.30. The van der Waals surface area contributed by atoms with Crippen molar-refractivity contribution in [1.82, 2.24) is 15.0 Å². The average Bonchev–Trinajstić information content (AvgIpc) is 2.67. The van der Waals surface area contributed by atoms with Crippen molar-refractivity contribution in [2.75, 3.05) is 0 Å². The first-order valence-corrected chi connectivity index (χ1v) is 5.55. The van der Waals surface area contributed by atoms with Crippen LogP contribution in [0.15, 0.2) is 30.6 Å². The van der Waals surface area contributed by atoms with Crippen LogP contribution >= 0.6 is 0 Å². The van der Waals surface area contributed by atoms with E-state index < -0.39 is 0 Å². The molecule has 1 unspecified atom stereocenters. The van der Waals surface area contributed by atoms with Gasteiger partial charge in [-0.3, -0.25) is 0 Å². The van der Waals surface area contributed by atoms with Crippen LogP contribution in [0.25, 0.3) is 21.9 Å². The number of para-hydroxylation sites is 1. The summed E-state index contributed by atoms with van der Waals surface area (Å²) in [7, 11) is 0. The Morgan fingerprint density at radius 2 is 2.07 bits per heavy atom. The summed E-state index contributed by atoms with van der Waals surface area (Å²) in [5.74, 6) is 0. The predicted molar refractivity (Wildman–Crippen MR) is 59.6 cm³/mol. The van der Waals surface area contributed by atoms with Gasteiger partial charge in [0.05, 0.1) is 0 Å². The molecule has 0 bridgehead atoms. The quantitative estimate of drug-likeness (QED) is 0.581. The number of nitrogens with one attached hydrogen (secondary N) is 1. The number of benzene rings is 1. The molecule has 2 aromatic heterocycles. The Morgan fingerprint density at radius 3 is 3.00 bits per heavy atom. The summed E-state index contributed by atoms with van der Waals surface area (Å²) in [5.41, 5.74) is 3.11. The van der Waals surface area contributed by atoms with Crippen LogP contribution in [0.5, 0.6) is 0 Å². The van der Waals surface area contributed by atoms with Gasteiger partial charge in [0, 0.05) is 0 Å². The average molecular weight is 245 g/mol. The molecule has 2 heterocycles. The zero-order valence-electron chi connectivity index (χ0n) is 7.36. The van der Waals surface area contributed by atoms with Crippen molar-refractivity contribution in [2.45, 2.75) is 0 Å². The Bertz CT molecular complexity index is 615. The summed E-state index contributed by atoms with van der Waals surface area (Å²) in [4.78, 5) is 11.9. The first kappa shape index (κ1) is 8.01. The standard InChI is InChI=1S/C10H8AsN3/c11-10-9-8(12-5-13-9)6-3-1-2-4-7(6)14-10/h1-5H,11H2,(H,12,13). The third kappa shape index (κ3) is 0.992. The van der Waals surface area contributed by atoms with Crippen LogP contribution in [0.3, 0.4) is 0 Å². The fourth-order valence-electron chi connectivity index (χ4n) is 1.66. The van der Waals surface area contributed by atoms with Gasteiger partial charge in [-0.05, 0) is 0 Å². The molecule has 3 aromatic rings. The molecule has 0 amide bonds. The summed E-state index contributed by atoms with van der Waals surface area (Å²) >= 11 is 1.51. The Hall–Kier alpha value is -1.34. The number of rotatable bonds is 0. The number of hydrogen-bond donors (Lipinski definition) is 1. The van der Waals surface area contributed by atoms with Gasteiger partial charge in [-0.2, -0.15) is 0 Å². The van der Waals surface area contributed by atoms with Gasteiger partial charge in [0.1, 0.15) is 0 Å². The summed E-state index contributed by atoms with van der Waals surface area (Å²) in [5, 5.41) is 1.14. The molecule has 1 N–H and O–H groups in total. The number of hydrogen-bond acceptors (Lipinski definition) is 2. The Morgan fingerprint density at radius 1 is 1.21 bits per heavy atom. The molecular weight excluding hydrogens is 237 g/mol. The van der Waals surface area contributed by atoms with Crippen molar-refractivity contribution < 1.29 is 0 Å². The minimum atomic E-state index is 0.990. The van der Waals surface area contributed by atoms with Crippen molar-refractivity contribution in [1.29, 1.82) is 0 Å². The Labute approximate surface area is 89.1 Å². The van der Waals surface area contributed by atoms with Gasteiger partial charge >= 0.3 is 88.8 Å². The monoisotopic (exact) mass is 245 g/mol. The van der Waals surface area contributed by atoms with E-state index in [2.05, 4.69) is 21.0 Å². The number of nitrogens with zero attached hydrogens (tertiary/aromatic N) is 2. The van der Waals surface area contributed by atoms with Crippen LogP contribution in [0.1, 0.15) is 0 Å². The summed E-state index contributed by atoms with van der Waals surface area (Å²) in [6, 6.07) is 8.11. The second-order valence-corrected chi connectivity index (χ2v) is 4.29. The topological polar surface area (TPSA) is 41.6 Å². The zero-order chi connectivity index (χ0) is 9.54. The van der Waals surface area contributed by atoms with E-state index >= 15 is 0 Å². The number of aromatic amines is 1. The van der Waals surface area contributed by atoms with Crippen LogP contribution in [-0.4, -0.2) is 31.8 Å². The molecule has 0 spiro atoms. The number of H-pyrrole nitrogens is 1. The predicted octanol–water partition coefficient (Wildman–Crippen LogP) is 0.369. The van der Waals surface area contributed by atoms with Gasteiger partial charge < -0.3 is 0 Å². The van der Waals surface area contributed by atoms with E-state index in [0.717, 1.165) is 26.4 Å². The van der Waals surface area contributed by atoms with E-state index in [4.69, 9.17) is 0 Å². The zero-order valence-corrected chi connectivity index (χ0v) is 9.78. The second-order valence-electron chi connectivity index (χ2n) is 3.14. The molecule has 3 nitrogen and oxygen atoms in total. The fourth-order valence-corrected chi connectivity index (χ4v) is 2.41. The van der Waals surface area contributed by atoms with Crippen LogP contribution in [-0.2, 0) is 0 Å². The molecule has 0 aliphatic heterocycles. The molecule has 68 valence electrons. The van der Waals surface area contributed by atoms with Gasteiger partial charge in [0.15, 0.2) is 0 Å². The van der Waals surface area contributed by atoms with Crippen LogP contribution in [0, 0.1) is 0 Å². The van der Waals surface area contributed by atoms with Crippen molar-refractivity contribution in [3.8, 4) is 0 Å². The van der Waals surface area contributed by atoms with Crippen molar-refractivity contribution >= 4 is 43.3 Å². The third-order valence-corrected chi connectivity index (χ3v) is 3.14. The fraction of sp³-hybridized carbons (Fsp3) is 0. The molecular formula is C10H8AsN3. The molecule has 3 rings (SSSR count). The van der Waals surface area contributed by atoms with Crippen molar-refractivity contribution in [2.24, 2.45) is 0 Å². The first-order chi connectivity index (χ1) is 6.86. The minimum absolute atomic E-state index is 0.990. The van der Waals surface area contributed by atoms with Gasteiger partial charge in [0.2, 0.25) is 0 Å². The molecule has 0 aliphatic rings. The van der Waals surface area contributed by atoms with Crippen LogP contribution in [0.2, 0.25) is 0 Å². The first-order valence-electron chi connectivity index (χ1n) is 4.33. The molecule has 0 radical (unpaired) electrons. The maximum atomic E-state index is 4.52. The Kier molecular flexibility index (Phi) is 1.61. The van der Waals surface area contributed by atoms with E-state index in [1.807, 2.05) is 18.2 Å². The van der Waals surface area contributed by atoms with Gasteiger partial charge in [-0.25, -0.2) is 0 Å². The van der Waals surface area contributed by atoms with Gasteiger partial charge in [-0.15, -0.1) is 0 Å². The van der Waals surface area contributed by atoms with Crippen molar-refractivity contribution in [3.05, 3.63) is 30.6 Å². The Balaban J connectivity index is 2.66. The summed E-state index contributed by atoms with van der Waals surface area (Å²) in [6.45, 7) is 0. The number of pyridine rings is 1. The van der Waals surface area contributed by atoms with E-state index in [1.54, 1.807) is 6.33 Å². The summed E-state index contributed by atoms with van der Waals surface area (Å²) in [6.07, 6.45) is 1.72. The maximum absolute atomic E-state index is 4.52. The van der Waals surface area contributed by atoms with E-state index in [0.29, 0.717) is 0 Å². The second kappa shape index (κ2) is 2.82. The van der Waals surface area contributed by atoms with Crippen molar-refractivity contribution in [3.63, 3.8) is 0 Å². The molecule has 0 saturated heterocycles. The van der Waals surface area contributed by atoms with Crippen LogP contribution in [0.4, 0.5) is 0 Å². The molecule has 4 heteroatoms. The van der Waals surface area contributed by atoms with E-state index in [-0.39, 0.29) is 0 Å². The molecule has 14 heavy (non-hydrogen) atoms. The molecule has 1 atom stereocenters. The van der Waals surface area contributed by atoms with Crippen LogP contribution < -0.4 is 4.48 Å². The molecule has 0 fully saturated rings. The number of imidazole rings is 1. The SMILES string of the molecule is [AsH2]c1nc2ccccc2c2[nH]cnc12. The number of aromatic nitrogens is 3. The normalized spacial score (nSPS) is 11.2. The molecule has 0 aliphatic carbocycles. The summed E-state index contributed by atoms with van der Waals surface area (Å²) < 4.78 is 1.03. The molecule has 0 saturated carbocycles. The van der Waals surface area contributed by atoms with E-state index in [9.17, 15) is 0 Å². The molecule has 1 aromatic carbocycles. The van der Waals surface area contributed by atoms with Gasteiger partial charge in [0.25, 0.3) is 0 Å². The van der Waals surface area contributed by atoms with E-state index in [1.165, 1.54) is 16.9 Å². The van der Waals surface area contributed by atoms with Gasteiger partial charge in [-0.1, -0.05) is 0 Å².